The Balaban J connectivity index is -0.0000000891. The number of carbonyl (C=O) groups excluding carboxylic acids is 2. The van der Waals surface area contributed by atoms with Gasteiger partial charge in [-0.25, -0.2) is 0 Å². The zero-order valence-corrected chi connectivity index (χ0v) is 12.5. The smallest absolute Gasteiger partial charge is 0.550 e. The molecule has 8 heteroatoms. The molecule has 0 bridgehead atoms. The molecule has 0 radical (unpaired) electrons. The molecule has 0 aromatic carbocycles. The first kappa shape index (κ1) is 24.2. The summed E-state index contributed by atoms with van der Waals surface area (Å²) < 4.78 is 0. The molecular formula is C6H10Na2O6. The van der Waals surface area contributed by atoms with E-state index in [0.29, 0.717) is 0 Å². The second-order valence-corrected chi connectivity index (χ2v) is 1.73. The van der Waals surface area contributed by atoms with Crippen LogP contribution in [0.1, 0.15) is 13.3 Å². The van der Waals surface area contributed by atoms with E-state index in [1.807, 2.05) is 0 Å². The molecule has 0 rings (SSSR count). The molecule has 0 amide bonds. The van der Waals surface area contributed by atoms with Crippen LogP contribution in [-0.4, -0.2) is 34.9 Å². The predicted molar refractivity (Wildman–Crippen MR) is 33.4 cm³/mol. The normalized spacial score (nSPS) is 9.36. The van der Waals surface area contributed by atoms with E-state index in [4.69, 9.17) is 10.2 Å². The zero-order chi connectivity index (χ0) is 10.1. The molecule has 0 aliphatic carbocycles. The molecule has 0 spiro atoms. The third kappa shape index (κ3) is 23.0. The molecule has 14 heavy (non-hydrogen) atoms. The zero-order valence-electron chi connectivity index (χ0n) is 8.52. The third-order valence-corrected chi connectivity index (χ3v) is 0.632. The Labute approximate surface area is 126 Å². The molecule has 0 aliphatic heterocycles. The minimum atomic E-state index is -1.96. The Hall–Kier alpha value is 0.860. The maximum absolute atomic E-state index is 9.58. The Kier molecular flexibility index (Phi) is 28.2. The van der Waals surface area contributed by atoms with Crippen LogP contribution in [0.5, 0.6) is 0 Å². The number of hydrogen-bond acceptors (Lipinski definition) is 6. The van der Waals surface area contributed by atoms with Crippen molar-refractivity contribution >= 4 is 11.9 Å². The molecule has 0 saturated heterocycles. The summed E-state index contributed by atoms with van der Waals surface area (Å²) >= 11 is 0. The van der Waals surface area contributed by atoms with Gasteiger partial charge in [0.05, 0.1) is 12.1 Å². The van der Waals surface area contributed by atoms with Gasteiger partial charge in [-0.15, -0.1) is 0 Å². The van der Waals surface area contributed by atoms with Gasteiger partial charge in [-0.05, 0) is 6.92 Å². The summed E-state index contributed by atoms with van der Waals surface area (Å²) in [4.78, 5) is 19.1. The minimum Gasteiger partial charge on any atom is -0.550 e. The van der Waals surface area contributed by atoms with Crippen molar-refractivity contribution in [3.8, 4) is 0 Å². The van der Waals surface area contributed by atoms with Crippen molar-refractivity contribution in [2.75, 3.05) is 6.61 Å². The average Bonchev–Trinajstić information content (AvgIpc) is 1.87. The number of rotatable bonds is 3. The summed E-state index contributed by atoms with van der Waals surface area (Å²) in [5.74, 6) is -3.43. The SMILES string of the molecule is CCO.O=C([O-])CC(O)C(=O)[O-].[Na+].[Na+]. The number of aliphatic hydroxyl groups is 2. The number of carboxylic acid groups (broad SMARTS) is 2. The van der Waals surface area contributed by atoms with Gasteiger partial charge in [0.2, 0.25) is 0 Å². The van der Waals surface area contributed by atoms with E-state index < -0.39 is 24.5 Å². The van der Waals surface area contributed by atoms with Crippen molar-refractivity contribution in [2.45, 2.75) is 19.4 Å². The van der Waals surface area contributed by atoms with E-state index in [0.717, 1.165) is 0 Å². The minimum absolute atomic E-state index is 0. The summed E-state index contributed by atoms with van der Waals surface area (Å²) in [6, 6.07) is 0. The van der Waals surface area contributed by atoms with Crippen LogP contribution in [0.15, 0.2) is 0 Å². The van der Waals surface area contributed by atoms with Gasteiger partial charge in [-0.3, -0.25) is 0 Å². The molecule has 1 unspecified atom stereocenters. The van der Waals surface area contributed by atoms with Gasteiger partial charge in [0, 0.05) is 19.0 Å². The first-order valence-corrected chi connectivity index (χ1v) is 3.15. The maximum Gasteiger partial charge on any atom is 1.00 e. The topological polar surface area (TPSA) is 121 Å². The maximum atomic E-state index is 9.58. The van der Waals surface area contributed by atoms with Crippen LogP contribution in [0.4, 0.5) is 0 Å². The van der Waals surface area contributed by atoms with Crippen molar-refractivity contribution in [1.29, 1.82) is 0 Å². The molecule has 72 valence electrons. The number of hydrogen-bond donors (Lipinski definition) is 2. The third-order valence-electron chi connectivity index (χ3n) is 0.632. The molecule has 0 heterocycles. The van der Waals surface area contributed by atoms with Gasteiger partial charge >= 0.3 is 59.1 Å². The molecule has 1 atom stereocenters. The fourth-order valence-electron chi connectivity index (χ4n) is 0.241. The Morgan fingerprint density at radius 2 is 1.57 bits per heavy atom. The van der Waals surface area contributed by atoms with Gasteiger partial charge in [-0.2, -0.15) is 0 Å². The summed E-state index contributed by atoms with van der Waals surface area (Å²) in [6.45, 7) is 1.93. The van der Waals surface area contributed by atoms with Crippen LogP contribution in [0, 0.1) is 0 Å². The van der Waals surface area contributed by atoms with Crippen molar-refractivity contribution in [2.24, 2.45) is 0 Å². The number of aliphatic carboxylic acids is 2. The van der Waals surface area contributed by atoms with Gasteiger partial charge < -0.3 is 30.0 Å². The summed E-state index contributed by atoms with van der Waals surface area (Å²) in [6.07, 6.45) is -2.89. The first-order valence-electron chi connectivity index (χ1n) is 3.15. The van der Waals surface area contributed by atoms with E-state index in [-0.39, 0.29) is 65.7 Å². The van der Waals surface area contributed by atoms with Crippen LogP contribution in [0.25, 0.3) is 0 Å². The standard InChI is InChI=1S/C4H6O5.C2H6O.2Na/c5-2(4(8)9)1-3(6)7;1-2-3;;/h2,5H,1H2,(H,6,7)(H,8,9);3H,2H2,1H3;;/q;;2*+1/p-2. The fraction of sp³-hybridized carbons (Fsp3) is 0.667. The van der Waals surface area contributed by atoms with Crippen LogP contribution in [0.2, 0.25) is 0 Å². The molecule has 0 aromatic rings. The second-order valence-electron chi connectivity index (χ2n) is 1.73. The molecule has 0 aliphatic rings. The average molecular weight is 224 g/mol. The van der Waals surface area contributed by atoms with E-state index in [2.05, 4.69) is 0 Å². The van der Waals surface area contributed by atoms with Gasteiger partial charge in [0.15, 0.2) is 0 Å². The predicted octanol–water partition coefficient (Wildman–Crippen LogP) is -9.76. The number of aliphatic hydroxyl groups excluding tert-OH is 2. The molecular weight excluding hydrogens is 214 g/mol. The van der Waals surface area contributed by atoms with Crippen molar-refractivity contribution < 1.29 is 89.1 Å². The number of carboxylic acids is 2. The largest absolute Gasteiger partial charge is 1.00 e. The fourth-order valence-corrected chi connectivity index (χ4v) is 0.241. The summed E-state index contributed by atoms with van der Waals surface area (Å²) in [5, 5.41) is 34.9. The van der Waals surface area contributed by atoms with Crippen molar-refractivity contribution in [1.82, 2.24) is 0 Å². The van der Waals surface area contributed by atoms with Gasteiger partial charge in [0.25, 0.3) is 0 Å². The van der Waals surface area contributed by atoms with E-state index in [1.165, 1.54) is 0 Å². The molecule has 0 aromatic heterocycles. The Morgan fingerprint density at radius 3 is 1.64 bits per heavy atom. The van der Waals surface area contributed by atoms with Crippen LogP contribution in [-0.2, 0) is 9.59 Å². The van der Waals surface area contributed by atoms with Crippen LogP contribution in [0.3, 0.4) is 0 Å². The first-order chi connectivity index (χ1) is 5.45. The van der Waals surface area contributed by atoms with Crippen molar-refractivity contribution in [3.05, 3.63) is 0 Å². The van der Waals surface area contributed by atoms with E-state index in [9.17, 15) is 19.8 Å². The van der Waals surface area contributed by atoms with Crippen LogP contribution >= 0.6 is 0 Å². The molecule has 6 nitrogen and oxygen atoms in total. The van der Waals surface area contributed by atoms with Crippen LogP contribution < -0.4 is 69.3 Å². The number of carbonyl (C=O) groups is 2. The van der Waals surface area contributed by atoms with Gasteiger partial charge in [-0.1, -0.05) is 0 Å². The molecule has 0 saturated carbocycles. The Morgan fingerprint density at radius 1 is 1.29 bits per heavy atom. The Bertz CT molecular complexity index is 151. The van der Waals surface area contributed by atoms with Gasteiger partial charge in [0.1, 0.15) is 0 Å². The molecule has 2 N–H and O–H groups in total. The monoisotopic (exact) mass is 224 g/mol. The van der Waals surface area contributed by atoms with E-state index >= 15 is 0 Å². The van der Waals surface area contributed by atoms with E-state index in [1.54, 1.807) is 6.92 Å². The molecule has 0 fully saturated rings. The summed E-state index contributed by atoms with van der Waals surface area (Å²) in [5.41, 5.74) is 0. The quantitative estimate of drug-likeness (QED) is 0.459. The second kappa shape index (κ2) is 16.3. The summed E-state index contributed by atoms with van der Waals surface area (Å²) in [7, 11) is 0. The van der Waals surface area contributed by atoms with Crippen molar-refractivity contribution in [3.63, 3.8) is 0 Å².